The predicted octanol–water partition coefficient (Wildman–Crippen LogP) is 2.61. The molecule has 182 valence electrons. The summed E-state index contributed by atoms with van der Waals surface area (Å²) in [5, 5.41) is 38.2. The van der Waals surface area contributed by atoms with Crippen molar-refractivity contribution in [1.82, 2.24) is 0 Å². The van der Waals surface area contributed by atoms with Crippen molar-refractivity contribution in [2.24, 2.45) is 0 Å². The number of phenolic OH excluding ortho intramolecular Hbond substituents is 1. The van der Waals surface area contributed by atoms with Crippen LogP contribution in [-0.4, -0.2) is 59.7 Å². The first-order valence-corrected chi connectivity index (χ1v) is 12.7. The SMILES string of the molecule is [C-]#[N+]/C(C(=O)OCCO)=C1\Sc2c(O)c3c(c(OC(C)=O)c2S1)S/C(=C(\C#N)C(=O)OCCO)S3. The Morgan fingerprint density at radius 3 is 1.97 bits per heavy atom. The number of aliphatic hydroxyl groups excluding tert-OH is 2. The number of hydrogen-bond donors (Lipinski definition) is 3. The van der Waals surface area contributed by atoms with Gasteiger partial charge in [0.05, 0.1) is 47.8 Å². The van der Waals surface area contributed by atoms with E-state index in [-0.39, 0.29) is 64.0 Å². The first-order valence-electron chi connectivity index (χ1n) is 9.42. The van der Waals surface area contributed by atoms with Crippen LogP contribution in [0.25, 0.3) is 4.85 Å². The lowest BCUT2D eigenvalue weighted by Gasteiger charge is -2.12. The molecule has 1 aromatic rings. The van der Waals surface area contributed by atoms with Crippen molar-refractivity contribution in [3.63, 3.8) is 0 Å². The Labute approximate surface area is 215 Å². The topological polar surface area (TPSA) is 168 Å². The van der Waals surface area contributed by atoms with Crippen molar-refractivity contribution in [2.75, 3.05) is 26.4 Å². The number of aromatic hydroxyl groups is 1. The number of aliphatic hydroxyl groups is 2. The average Bonchev–Trinajstić information content (AvgIpc) is 3.45. The maximum Gasteiger partial charge on any atom is 0.350 e. The minimum absolute atomic E-state index is 0.0365. The van der Waals surface area contributed by atoms with E-state index in [1.165, 1.54) is 6.92 Å². The third kappa shape index (κ3) is 5.56. The van der Waals surface area contributed by atoms with E-state index in [9.17, 15) is 24.8 Å². The van der Waals surface area contributed by atoms with Crippen LogP contribution in [-0.2, 0) is 23.9 Å². The highest BCUT2D eigenvalue weighted by Gasteiger charge is 2.39. The molecule has 3 N–H and O–H groups in total. The van der Waals surface area contributed by atoms with Gasteiger partial charge in [0.25, 0.3) is 5.70 Å². The fourth-order valence-corrected chi connectivity index (χ4v) is 7.85. The first-order chi connectivity index (χ1) is 16.8. The molecule has 2 aliphatic heterocycles. The van der Waals surface area contributed by atoms with Crippen molar-refractivity contribution in [3.8, 4) is 17.6 Å². The van der Waals surface area contributed by atoms with Crippen molar-refractivity contribution in [3.05, 3.63) is 31.2 Å². The van der Waals surface area contributed by atoms with E-state index >= 15 is 0 Å². The largest absolute Gasteiger partial charge is 0.505 e. The fourth-order valence-electron chi connectivity index (χ4n) is 2.62. The number of rotatable bonds is 7. The van der Waals surface area contributed by atoms with Gasteiger partial charge in [0.15, 0.2) is 11.3 Å². The smallest absolute Gasteiger partial charge is 0.350 e. The minimum Gasteiger partial charge on any atom is -0.505 e. The van der Waals surface area contributed by atoms with Gasteiger partial charge in [-0.15, -0.1) is 0 Å². The number of carbonyl (C=O) groups is 3. The van der Waals surface area contributed by atoms with Crippen LogP contribution in [0.3, 0.4) is 0 Å². The lowest BCUT2D eigenvalue weighted by atomic mass is 10.3. The number of carbonyl (C=O) groups excluding carboxylic acids is 3. The van der Waals surface area contributed by atoms with Gasteiger partial charge in [0.1, 0.15) is 25.0 Å². The summed E-state index contributed by atoms with van der Waals surface area (Å²) in [6, 6.07) is 1.76. The highest BCUT2D eigenvalue weighted by atomic mass is 32.2. The van der Waals surface area contributed by atoms with Gasteiger partial charge >= 0.3 is 17.9 Å². The summed E-state index contributed by atoms with van der Waals surface area (Å²) in [7, 11) is 0. The predicted molar refractivity (Wildman–Crippen MR) is 125 cm³/mol. The van der Waals surface area contributed by atoms with Gasteiger partial charge in [-0.3, -0.25) is 9.59 Å². The van der Waals surface area contributed by atoms with E-state index in [1.807, 2.05) is 0 Å². The molecule has 0 bridgehead atoms. The molecule has 2 aliphatic rings. The Bertz CT molecular complexity index is 1180. The standard InChI is InChI=1S/C20H14N2O9S4/c1-8(25)31-12-15-13(32-19(34-15)9(7-21)17(27)29-5-3-23)11(26)14-16(12)35-20(33-14)10(22-2)18(28)30-6-4-24/h23-24,26H,3-6H2,1H3/b19-9+,20-10+. The molecule has 0 fully saturated rings. The molecule has 0 saturated heterocycles. The number of ether oxygens (including phenoxy) is 3. The summed E-state index contributed by atoms with van der Waals surface area (Å²) >= 11 is 3.62. The maximum atomic E-state index is 12.2. The van der Waals surface area contributed by atoms with Crippen LogP contribution >= 0.6 is 47.0 Å². The summed E-state index contributed by atoms with van der Waals surface area (Å²) in [6.45, 7) is 7.09. The third-order valence-corrected chi connectivity index (χ3v) is 9.13. The number of fused-ring (bicyclic) bond motifs is 2. The molecule has 0 radical (unpaired) electrons. The van der Waals surface area contributed by atoms with Crippen LogP contribution in [0.15, 0.2) is 39.3 Å². The second kappa shape index (κ2) is 11.8. The zero-order valence-electron chi connectivity index (χ0n) is 17.6. The van der Waals surface area contributed by atoms with Gasteiger partial charge in [0.2, 0.25) is 0 Å². The van der Waals surface area contributed by atoms with Crippen LogP contribution < -0.4 is 4.74 Å². The monoisotopic (exact) mass is 554 g/mol. The number of thioether (sulfide) groups is 4. The van der Waals surface area contributed by atoms with Gasteiger partial charge in [0, 0.05) is 6.92 Å². The minimum atomic E-state index is -0.956. The molecule has 11 nitrogen and oxygen atoms in total. The van der Waals surface area contributed by atoms with E-state index in [0.717, 1.165) is 47.0 Å². The molecule has 0 spiro atoms. The molecular weight excluding hydrogens is 540 g/mol. The molecule has 0 aromatic heterocycles. The Hall–Kier alpha value is -2.79. The molecule has 0 unspecified atom stereocenters. The number of nitriles is 1. The maximum absolute atomic E-state index is 12.2. The number of benzene rings is 1. The average molecular weight is 555 g/mol. The molecule has 2 heterocycles. The van der Waals surface area contributed by atoms with E-state index in [2.05, 4.69) is 4.85 Å². The van der Waals surface area contributed by atoms with Gasteiger partial charge < -0.3 is 29.5 Å². The zero-order chi connectivity index (χ0) is 25.7. The van der Waals surface area contributed by atoms with Gasteiger partial charge in [-0.1, -0.05) is 47.0 Å². The van der Waals surface area contributed by atoms with Crippen molar-refractivity contribution >= 4 is 65.0 Å². The van der Waals surface area contributed by atoms with E-state index < -0.39 is 31.1 Å². The zero-order valence-corrected chi connectivity index (χ0v) is 20.9. The van der Waals surface area contributed by atoms with E-state index in [4.69, 9.17) is 31.0 Å². The normalized spacial score (nSPS) is 16.4. The molecule has 0 saturated carbocycles. The van der Waals surface area contributed by atoms with E-state index in [0.29, 0.717) is 0 Å². The van der Waals surface area contributed by atoms with E-state index in [1.54, 1.807) is 6.07 Å². The summed E-state index contributed by atoms with van der Waals surface area (Å²) in [6.07, 6.45) is 0. The summed E-state index contributed by atoms with van der Waals surface area (Å²) in [4.78, 5) is 40.5. The van der Waals surface area contributed by atoms with Gasteiger partial charge in [-0.2, -0.15) is 5.26 Å². The summed E-state index contributed by atoms with van der Waals surface area (Å²) in [5.41, 5.74) is -0.710. The van der Waals surface area contributed by atoms with Crippen molar-refractivity contribution in [1.29, 1.82) is 5.26 Å². The number of hydrogen-bond acceptors (Lipinski definition) is 14. The van der Waals surface area contributed by atoms with Crippen LogP contribution in [0.2, 0.25) is 0 Å². The number of phenols is 1. The van der Waals surface area contributed by atoms with Gasteiger partial charge in [-0.05, 0) is 0 Å². The molecule has 0 atom stereocenters. The second-order valence-corrected chi connectivity index (χ2v) is 10.8. The molecule has 15 heteroatoms. The van der Waals surface area contributed by atoms with Gasteiger partial charge in [-0.25, -0.2) is 9.64 Å². The Morgan fingerprint density at radius 1 is 0.943 bits per heavy atom. The first kappa shape index (κ1) is 26.8. The van der Waals surface area contributed by atoms with Crippen LogP contribution in [0.1, 0.15) is 6.92 Å². The quantitative estimate of drug-likeness (QED) is 0.148. The Morgan fingerprint density at radius 2 is 1.46 bits per heavy atom. The third-order valence-electron chi connectivity index (χ3n) is 3.95. The molecule has 35 heavy (non-hydrogen) atoms. The van der Waals surface area contributed by atoms with Crippen LogP contribution in [0.5, 0.6) is 11.5 Å². The Kier molecular flexibility index (Phi) is 9.01. The van der Waals surface area contributed by atoms with Crippen molar-refractivity contribution < 1.29 is 43.9 Å². The fraction of sp³-hybridized carbons (Fsp3) is 0.250. The summed E-state index contributed by atoms with van der Waals surface area (Å²) < 4.78 is 15.4. The second-order valence-electron chi connectivity index (χ2n) is 6.24. The molecule has 1 aromatic carbocycles. The highest BCUT2D eigenvalue weighted by Crippen LogP contribution is 2.68. The number of esters is 3. The molecule has 3 rings (SSSR count). The lowest BCUT2D eigenvalue weighted by Crippen LogP contribution is -2.10. The highest BCUT2D eigenvalue weighted by molar-refractivity contribution is 8.26. The summed E-state index contributed by atoms with van der Waals surface area (Å²) in [5.74, 6) is -2.80. The molecule has 0 aliphatic carbocycles. The molecular formula is C20H14N2O9S4. The van der Waals surface area contributed by atoms with Crippen LogP contribution in [0.4, 0.5) is 0 Å². The number of nitrogens with zero attached hydrogens (tertiary/aromatic N) is 2. The van der Waals surface area contributed by atoms with Crippen LogP contribution in [0, 0.1) is 17.9 Å². The lowest BCUT2D eigenvalue weighted by molar-refractivity contribution is -0.140. The molecule has 0 amide bonds. The Balaban J connectivity index is 2.09. The van der Waals surface area contributed by atoms with Crippen molar-refractivity contribution in [2.45, 2.75) is 26.5 Å².